The van der Waals surface area contributed by atoms with Gasteiger partial charge in [0.15, 0.2) is 9.84 Å². The smallest absolute Gasteiger partial charge is 0.154 e. The Bertz CT molecular complexity index is 228. The Hall–Kier alpha value is -0.130. The van der Waals surface area contributed by atoms with E-state index in [1.807, 2.05) is 6.92 Å². The molecule has 0 aliphatic heterocycles. The lowest BCUT2D eigenvalue weighted by Gasteiger charge is -2.17. The first kappa shape index (κ1) is 12.9. The maximum absolute atomic E-state index is 11.4. The van der Waals surface area contributed by atoms with Gasteiger partial charge in [-0.2, -0.15) is 0 Å². The number of ether oxygens (including phenoxy) is 1. The van der Waals surface area contributed by atoms with Gasteiger partial charge in [-0.3, -0.25) is 0 Å². The zero-order valence-electron chi connectivity index (χ0n) is 8.54. The molecule has 0 amide bonds. The van der Waals surface area contributed by atoms with Crippen LogP contribution in [0.5, 0.6) is 0 Å². The van der Waals surface area contributed by atoms with E-state index in [4.69, 9.17) is 10.5 Å². The lowest BCUT2D eigenvalue weighted by molar-refractivity contribution is 0.163. The molecular formula is C8H19NO3S. The van der Waals surface area contributed by atoms with Crippen molar-refractivity contribution in [2.75, 3.05) is 24.7 Å². The molecule has 0 aromatic carbocycles. The molecule has 0 fully saturated rings. The van der Waals surface area contributed by atoms with Crippen LogP contribution >= 0.6 is 0 Å². The van der Waals surface area contributed by atoms with Gasteiger partial charge in [0.25, 0.3) is 0 Å². The minimum absolute atomic E-state index is 0.00702. The van der Waals surface area contributed by atoms with Crippen molar-refractivity contribution in [1.29, 1.82) is 0 Å². The predicted octanol–water partition coefficient (Wildman–Crippen LogP) is 0.175. The average Bonchev–Trinajstić information content (AvgIpc) is 1.81. The quantitative estimate of drug-likeness (QED) is 0.633. The number of hydrogen-bond donors (Lipinski definition) is 1. The van der Waals surface area contributed by atoms with Gasteiger partial charge in [-0.05, 0) is 20.8 Å². The summed E-state index contributed by atoms with van der Waals surface area (Å²) in [5.74, 6) is 0.0640. The number of rotatable bonds is 6. The molecule has 2 N–H and O–H groups in total. The monoisotopic (exact) mass is 209 g/mol. The Morgan fingerprint density at radius 2 is 1.92 bits per heavy atom. The third kappa shape index (κ3) is 8.21. The van der Waals surface area contributed by atoms with Crippen LogP contribution in [0.1, 0.15) is 20.8 Å². The van der Waals surface area contributed by atoms with Gasteiger partial charge in [0.2, 0.25) is 0 Å². The Kier molecular flexibility index (Phi) is 4.88. The Morgan fingerprint density at radius 1 is 1.38 bits per heavy atom. The van der Waals surface area contributed by atoms with Crippen molar-refractivity contribution in [3.63, 3.8) is 0 Å². The van der Waals surface area contributed by atoms with Gasteiger partial charge in [0, 0.05) is 12.1 Å². The Morgan fingerprint density at radius 3 is 2.31 bits per heavy atom. The van der Waals surface area contributed by atoms with Crippen LogP contribution in [0.25, 0.3) is 0 Å². The maximum atomic E-state index is 11.4. The second-order valence-electron chi connectivity index (χ2n) is 3.78. The van der Waals surface area contributed by atoms with E-state index in [2.05, 4.69) is 0 Å². The molecule has 0 saturated carbocycles. The zero-order chi connectivity index (χ0) is 10.5. The number of hydrogen-bond acceptors (Lipinski definition) is 4. The molecule has 0 aliphatic rings. The molecule has 4 nitrogen and oxygen atoms in total. The van der Waals surface area contributed by atoms with E-state index in [9.17, 15) is 8.42 Å². The third-order valence-electron chi connectivity index (χ3n) is 1.33. The summed E-state index contributed by atoms with van der Waals surface area (Å²) in [6.45, 7) is 6.03. The van der Waals surface area contributed by atoms with Crippen LogP contribution in [0, 0.1) is 0 Å². The van der Waals surface area contributed by atoms with Crippen LogP contribution in [0.3, 0.4) is 0 Å². The van der Waals surface area contributed by atoms with E-state index in [0.717, 1.165) is 0 Å². The molecule has 0 spiro atoms. The topological polar surface area (TPSA) is 69.4 Å². The molecule has 0 aromatic heterocycles. The van der Waals surface area contributed by atoms with E-state index in [1.54, 1.807) is 13.8 Å². The first-order chi connectivity index (χ1) is 5.77. The van der Waals surface area contributed by atoms with E-state index >= 15 is 0 Å². The summed E-state index contributed by atoms with van der Waals surface area (Å²) in [5, 5.41) is 0. The molecule has 0 unspecified atom stereocenters. The molecule has 0 atom stereocenters. The first-order valence-electron chi connectivity index (χ1n) is 4.34. The minimum atomic E-state index is -3.06. The van der Waals surface area contributed by atoms with Crippen LogP contribution in [0.2, 0.25) is 0 Å². The summed E-state index contributed by atoms with van der Waals surface area (Å²) in [6, 6.07) is 0. The molecule has 0 saturated heterocycles. The molecule has 13 heavy (non-hydrogen) atoms. The number of nitrogens with two attached hydrogens (primary N) is 1. The first-order valence-corrected chi connectivity index (χ1v) is 6.16. The molecule has 80 valence electrons. The van der Waals surface area contributed by atoms with Crippen molar-refractivity contribution in [3.05, 3.63) is 0 Å². The summed E-state index contributed by atoms with van der Waals surface area (Å²) in [5.41, 5.74) is 4.94. The van der Waals surface area contributed by atoms with Gasteiger partial charge >= 0.3 is 0 Å². The highest BCUT2D eigenvalue weighted by molar-refractivity contribution is 7.91. The fraction of sp³-hybridized carbons (Fsp3) is 1.00. The van der Waals surface area contributed by atoms with Gasteiger partial charge in [0.1, 0.15) is 0 Å². The molecule has 0 aromatic rings. The summed E-state index contributed by atoms with van der Waals surface area (Å²) in [7, 11) is -3.06. The van der Waals surface area contributed by atoms with Crippen molar-refractivity contribution >= 4 is 9.84 Å². The standard InChI is InChI=1S/C8H19NO3S/c1-4-12-5-6-13(10,11)7-8(2,3)9/h4-7,9H2,1-3H3. The van der Waals surface area contributed by atoms with Crippen molar-refractivity contribution in [2.45, 2.75) is 26.3 Å². The lowest BCUT2D eigenvalue weighted by Crippen LogP contribution is -2.41. The predicted molar refractivity (Wildman–Crippen MR) is 53.4 cm³/mol. The van der Waals surface area contributed by atoms with Crippen molar-refractivity contribution in [1.82, 2.24) is 0 Å². The molecular weight excluding hydrogens is 190 g/mol. The Balaban J connectivity index is 3.96. The average molecular weight is 209 g/mol. The Labute approximate surface area is 80.4 Å². The molecule has 0 bridgehead atoms. The van der Waals surface area contributed by atoms with Crippen LogP contribution in [0.4, 0.5) is 0 Å². The van der Waals surface area contributed by atoms with Gasteiger partial charge in [-0.15, -0.1) is 0 Å². The molecule has 0 aliphatic carbocycles. The highest BCUT2D eigenvalue weighted by atomic mass is 32.2. The highest BCUT2D eigenvalue weighted by Gasteiger charge is 2.21. The summed E-state index contributed by atoms with van der Waals surface area (Å²) < 4.78 is 27.7. The summed E-state index contributed by atoms with van der Waals surface area (Å²) in [4.78, 5) is 0. The van der Waals surface area contributed by atoms with Crippen molar-refractivity contribution in [2.24, 2.45) is 5.73 Å². The van der Waals surface area contributed by atoms with E-state index < -0.39 is 15.4 Å². The van der Waals surface area contributed by atoms with E-state index in [0.29, 0.717) is 6.61 Å². The zero-order valence-corrected chi connectivity index (χ0v) is 9.36. The molecule has 0 rings (SSSR count). The van der Waals surface area contributed by atoms with Crippen molar-refractivity contribution < 1.29 is 13.2 Å². The van der Waals surface area contributed by atoms with Gasteiger partial charge < -0.3 is 10.5 Å². The second-order valence-corrected chi connectivity index (χ2v) is 5.96. The SMILES string of the molecule is CCOCCS(=O)(=O)CC(C)(C)N. The molecule has 5 heteroatoms. The van der Waals surface area contributed by atoms with Crippen LogP contribution < -0.4 is 5.73 Å². The fourth-order valence-electron chi connectivity index (χ4n) is 0.969. The fourth-order valence-corrected chi connectivity index (χ4v) is 2.62. The third-order valence-corrected chi connectivity index (χ3v) is 3.31. The van der Waals surface area contributed by atoms with Gasteiger partial charge in [0.05, 0.1) is 18.1 Å². The highest BCUT2D eigenvalue weighted by Crippen LogP contribution is 2.03. The van der Waals surface area contributed by atoms with E-state index in [-0.39, 0.29) is 18.1 Å². The van der Waals surface area contributed by atoms with Gasteiger partial charge in [-0.1, -0.05) is 0 Å². The summed E-state index contributed by atoms with van der Waals surface area (Å²) >= 11 is 0. The largest absolute Gasteiger partial charge is 0.381 e. The lowest BCUT2D eigenvalue weighted by atomic mass is 10.1. The van der Waals surface area contributed by atoms with Crippen LogP contribution in [-0.4, -0.2) is 38.7 Å². The van der Waals surface area contributed by atoms with E-state index in [1.165, 1.54) is 0 Å². The molecule has 0 radical (unpaired) electrons. The van der Waals surface area contributed by atoms with Crippen LogP contribution in [0.15, 0.2) is 0 Å². The van der Waals surface area contributed by atoms with Gasteiger partial charge in [-0.25, -0.2) is 8.42 Å². The van der Waals surface area contributed by atoms with Crippen LogP contribution in [-0.2, 0) is 14.6 Å². The normalized spacial score (nSPS) is 13.2. The second kappa shape index (κ2) is 4.93. The summed E-state index contributed by atoms with van der Waals surface area (Å²) in [6.07, 6.45) is 0. The van der Waals surface area contributed by atoms with Crippen molar-refractivity contribution in [3.8, 4) is 0 Å². The minimum Gasteiger partial charge on any atom is -0.381 e. The molecule has 0 heterocycles. The maximum Gasteiger partial charge on any atom is 0.154 e. The number of sulfone groups is 1.